The molecule has 0 unspecified atom stereocenters. The smallest absolute Gasteiger partial charge is 0.362 e. The van der Waals surface area contributed by atoms with Crippen LogP contribution in [0.3, 0.4) is 0 Å². The van der Waals surface area contributed by atoms with Crippen molar-refractivity contribution in [3.8, 4) is 0 Å². The Hall–Kier alpha value is -1.58. The lowest BCUT2D eigenvalue weighted by Crippen LogP contribution is -2.38. The van der Waals surface area contributed by atoms with E-state index in [2.05, 4.69) is 10.4 Å². The summed E-state index contributed by atoms with van der Waals surface area (Å²) in [6, 6.07) is 4.05. The molecule has 4 rings (SSSR count). The number of rotatable bonds is 2. The molecule has 0 spiro atoms. The number of fused-ring (bicyclic) bond motifs is 1. The molecule has 3 heterocycles. The van der Waals surface area contributed by atoms with Crippen LogP contribution in [0.5, 0.6) is 0 Å². The van der Waals surface area contributed by atoms with Gasteiger partial charge in [-0.2, -0.15) is 30.0 Å². The first kappa shape index (κ1) is 20.7. The molecule has 2 aromatic rings. The fourth-order valence-corrected chi connectivity index (χ4v) is 4.84. The van der Waals surface area contributed by atoms with Crippen molar-refractivity contribution in [2.75, 3.05) is 29.9 Å². The lowest BCUT2D eigenvalue weighted by Gasteiger charge is -2.33. The average Bonchev–Trinajstić information content (AvgIpc) is 3.04. The monoisotopic (exact) mass is 464 g/mol. The standard InChI is InChI=1S/C18H17Cl2F3N4OS/c19-11-3-1-10(2-4-11)12-9-13(18(21,22)23)27-16(24-12)14(20)15(25-27)17(28)26-5-7-29-8-6-26/h1-4,12-13,24H,5-9H2/t12-,13+/m1/s1. The second-order valence-electron chi connectivity index (χ2n) is 6.90. The van der Waals surface area contributed by atoms with Crippen LogP contribution in [-0.2, 0) is 0 Å². The zero-order chi connectivity index (χ0) is 20.8. The first-order valence-electron chi connectivity index (χ1n) is 8.99. The van der Waals surface area contributed by atoms with Crippen molar-refractivity contribution < 1.29 is 18.0 Å². The van der Waals surface area contributed by atoms with Crippen molar-refractivity contribution in [3.63, 3.8) is 0 Å². The molecule has 156 valence electrons. The van der Waals surface area contributed by atoms with E-state index in [-0.39, 0.29) is 23.0 Å². The van der Waals surface area contributed by atoms with Crippen molar-refractivity contribution in [2.24, 2.45) is 0 Å². The zero-order valence-electron chi connectivity index (χ0n) is 15.0. The Morgan fingerprint density at radius 2 is 1.83 bits per heavy atom. The number of nitrogens with zero attached hydrogens (tertiary/aromatic N) is 3. The number of anilines is 1. The van der Waals surface area contributed by atoms with Gasteiger partial charge in [0.2, 0.25) is 0 Å². The molecular formula is C18H17Cl2F3N4OS. The summed E-state index contributed by atoms with van der Waals surface area (Å²) in [5.41, 5.74) is 0.500. The first-order chi connectivity index (χ1) is 13.8. The van der Waals surface area contributed by atoms with E-state index in [0.29, 0.717) is 23.7 Å². The van der Waals surface area contributed by atoms with E-state index in [1.54, 1.807) is 40.9 Å². The maximum atomic E-state index is 13.8. The molecule has 0 radical (unpaired) electrons. The Morgan fingerprint density at radius 3 is 2.45 bits per heavy atom. The van der Waals surface area contributed by atoms with Crippen LogP contribution in [0.25, 0.3) is 0 Å². The van der Waals surface area contributed by atoms with Gasteiger partial charge in [-0.05, 0) is 17.7 Å². The van der Waals surface area contributed by atoms with Crippen LogP contribution < -0.4 is 5.32 Å². The quantitative estimate of drug-likeness (QED) is 0.676. The highest BCUT2D eigenvalue weighted by atomic mass is 35.5. The minimum Gasteiger partial charge on any atom is -0.362 e. The van der Waals surface area contributed by atoms with Crippen LogP contribution in [-0.4, -0.2) is 51.4 Å². The molecule has 5 nitrogen and oxygen atoms in total. The lowest BCUT2D eigenvalue weighted by molar-refractivity contribution is -0.173. The van der Waals surface area contributed by atoms with E-state index in [4.69, 9.17) is 23.2 Å². The van der Waals surface area contributed by atoms with Crippen LogP contribution in [0.2, 0.25) is 10.0 Å². The predicted molar refractivity (Wildman–Crippen MR) is 108 cm³/mol. The minimum atomic E-state index is -4.54. The maximum Gasteiger partial charge on any atom is 0.410 e. The Kier molecular flexibility index (Phi) is 5.65. The number of halogens is 5. The van der Waals surface area contributed by atoms with E-state index in [0.717, 1.165) is 16.2 Å². The van der Waals surface area contributed by atoms with Gasteiger partial charge < -0.3 is 10.2 Å². The van der Waals surface area contributed by atoms with E-state index < -0.39 is 24.2 Å². The van der Waals surface area contributed by atoms with Gasteiger partial charge in [-0.3, -0.25) is 4.79 Å². The van der Waals surface area contributed by atoms with E-state index in [9.17, 15) is 18.0 Å². The van der Waals surface area contributed by atoms with E-state index >= 15 is 0 Å². The van der Waals surface area contributed by atoms with Crippen LogP contribution in [0.4, 0.5) is 19.0 Å². The van der Waals surface area contributed by atoms with Gasteiger partial charge >= 0.3 is 6.18 Å². The molecule has 1 aromatic carbocycles. The number of carbonyl (C=O) groups excluding carboxylic acids is 1. The van der Waals surface area contributed by atoms with Gasteiger partial charge in [0.1, 0.15) is 10.8 Å². The minimum absolute atomic E-state index is 0.00919. The first-order valence-corrected chi connectivity index (χ1v) is 10.9. The molecule has 2 aliphatic heterocycles. The van der Waals surface area contributed by atoms with Crippen molar-refractivity contribution in [1.29, 1.82) is 0 Å². The number of benzene rings is 1. The number of nitrogens with one attached hydrogen (secondary N) is 1. The number of carbonyl (C=O) groups is 1. The van der Waals surface area contributed by atoms with Gasteiger partial charge in [0, 0.05) is 36.0 Å². The van der Waals surface area contributed by atoms with Gasteiger partial charge in [-0.1, -0.05) is 35.3 Å². The molecule has 1 aromatic heterocycles. The maximum absolute atomic E-state index is 13.8. The average molecular weight is 465 g/mol. The second kappa shape index (κ2) is 7.92. The van der Waals surface area contributed by atoms with Gasteiger partial charge in [0.15, 0.2) is 11.7 Å². The normalized spacial score (nSPS) is 22.2. The molecule has 1 fully saturated rings. The second-order valence-corrected chi connectivity index (χ2v) is 8.94. The van der Waals surface area contributed by atoms with Crippen LogP contribution in [0.1, 0.15) is 34.6 Å². The summed E-state index contributed by atoms with van der Waals surface area (Å²) in [6.07, 6.45) is -4.82. The SMILES string of the molecule is O=C(c1nn2c(c1Cl)N[C@@H](c1ccc(Cl)cc1)C[C@H]2C(F)(F)F)N1CCSCC1. The number of aromatic nitrogens is 2. The summed E-state index contributed by atoms with van der Waals surface area (Å²) >= 11 is 14.0. The Morgan fingerprint density at radius 1 is 1.17 bits per heavy atom. The Balaban J connectivity index is 1.71. The van der Waals surface area contributed by atoms with Crippen molar-refractivity contribution in [2.45, 2.75) is 24.7 Å². The lowest BCUT2D eigenvalue weighted by atomic mass is 9.97. The van der Waals surface area contributed by atoms with E-state index in [1.165, 1.54) is 0 Å². The molecule has 0 saturated carbocycles. The summed E-state index contributed by atoms with van der Waals surface area (Å²) in [4.78, 5) is 14.4. The largest absolute Gasteiger partial charge is 0.410 e. The van der Waals surface area contributed by atoms with Crippen molar-refractivity contribution in [1.82, 2.24) is 14.7 Å². The highest BCUT2D eigenvalue weighted by molar-refractivity contribution is 7.99. The fraction of sp³-hybridized carbons (Fsp3) is 0.444. The molecule has 2 atom stereocenters. The summed E-state index contributed by atoms with van der Waals surface area (Å²) in [7, 11) is 0. The molecule has 1 N–H and O–H groups in total. The molecule has 11 heteroatoms. The molecule has 1 saturated heterocycles. The number of amides is 1. The zero-order valence-corrected chi connectivity index (χ0v) is 17.4. The third kappa shape index (κ3) is 4.04. The Bertz CT molecular complexity index is 913. The van der Waals surface area contributed by atoms with Gasteiger partial charge in [-0.25, -0.2) is 4.68 Å². The third-order valence-electron chi connectivity index (χ3n) is 5.07. The molecule has 29 heavy (non-hydrogen) atoms. The van der Waals surface area contributed by atoms with Crippen LogP contribution in [0.15, 0.2) is 24.3 Å². The highest BCUT2D eigenvalue weighted by Crippen LogP contribution is 2.46. The number of thioether (sulfide) groups is 1. The topological polar surface area (TPSA) is 50.2 Å². The fourth-order valence-electron chi connectivity index (χ4n) is 3.56. The third-order valence-corrected chi connectivity index (χ3v) is 6.62. The number of hydrogen-bond acceptors (Lipinski definition) is 4. The van der Waals surface area contributed by atoms with Crippen molar-refractivity contribution in [3.05, 3.63) is 45.6 Å². The summed E-state index contributed by atoms with van der Waals surface area (Å²) < 4.78 is 42.3. The number of hydrogen-bond donors (Lipinski definition) is 1. The van der Waals surface area contributed by atoms with Crippen LogP contribution >= 0.6 is 35.0 Å². The Labute approximate surface area is 179 Å². The van der Waals surface area contributed by atoms with Gasteiger partial charge in [-0.15, -0.1) is 0 Å². The summed E-state index contributed by atoms with van der Waals surface area (Å²) in [6.45, 7) is 1.04. The highest BCUT2D eigenvalue weighted by Gasteiger charge is 2.48. The predicted octanol–water partition coefficient (Wildman–Crippen LogP) is 5.04. The number of alkyl halides is 3. The molecule has 0 aliphatic carbocycles. The molecule has 0 bridgehead atoms. The van der Waals surface area contributed by atoms with Crippen molar-refractivity contribution >= 4 is 46.7 Å². The summed E-state index contributed by atoms with van der Waals surface area (Å²) in [5, 5.41) is 7.44. The molecular weight excluding hydrogens is 448 g/mol. The molecule has 2 aliphatic rings. The van der Waals surface area contributed by atoms with Crippen LogP contribution in [0, 0.1) is 0 Å². The molecule has 1 amide bonds. The summed E-state index contributed by atoms with van der Waals surface area (Å²) in [5.74, 6) is 1.12. The van der Waals surface area contributed by atoms with Gasteiger partial charge in [0.25, 0.3) is 5.91 Å². The van der Waals surface area contributed by atoms with E-state index in [1.807, 2.05) is 0 Å². The van der Waals surface area contributed by atoms with Gasteiger partial charge in [0.05, 0.1) is 6.04 Å².